The highest BCUT2D eigenvalue weighted by Crippen LogP contribution is 2.42. The molecule has 4 N–H and O–H groups in total. The Morgan fingerprint density at radius 1 is 0.729 bits per heavy atom. The van der Waals surface area contributed by atoms with Gasteiger partial charge in [-0.2, -0.15) is 0 Å². The number of benzene rings is 3. The van der Waals surface area contributed by atoms with E-state index in [0.717, 1.165) is 65.8 Å². The number of rotatable bonds is 11. The number of likely N-dealkylation sites (tertiary alicyclic amines) is 2. The molecule has 316 valence electrons. The Morgan fingerprint density at radius 2 is 1.31 bits per heavy atom. The van der Waals surface area contributed by atoms with Crippen molar-refractivity contribution in [2.24, 2.45) is 0 Å². The van der Waals surface area contributed by atoms with Crippen LogP contribution in [0.15, 0.2) is 60.7 Å². The number of piperidine rings is 1. The Balaban J connectivity index is 0.000000484. The van der Waals surface area contributed by atoms with E-state index in [-0.39, 0.29) is 17.6 Å². The van der Waals surface area contributed by atoms with E-state index in [1.807, 2.05) is 48.5 Å². The molecule has 16 heteroatoms. The van der Waals surface area contributed by atoms with Crippen molar-refractivity contribution >= 4 is 51.1 Å². The van der Waals surface area contributed by atoms with Crippen molar-refractivity contribution in [3.05, 3.63) is 77.6 Å². The van der Waals surface area contributed by atoms with E-state index in [0.29, 0.717) is 29.2 Å². The molecule has 3 aliphatic rings. The first-order chi connectivity index (χ1) is 28.4. The molecule has 3 heterocycles. The Labute approximate surface area is 344 Å². The number of methoxy groups -OCH3 is 1. The second kappa shape index (κ2) is 21.4. The number of nitrogens with zero attached hydrogens (tertiary/aromatic N) is 2. The first-order valence-electron chi connectivity index (χ1n) is 19.6. The molecule has 3 fully saturated rings. The average Bonchev–Trinajstić information content (AvgIpc) is 3.90. The number of carbonyl (C=O) groups excluding carboxylic acids is 1. The highest BCUT2D eigenvalue weighted by Gasteiger charge is 2.32. The summed E-state index contributed by atoms with van der Waals surface area (Å²) in [5.74, 6) is -6.17. The molecule has 1 saturated carbocycles. The molecule has 0 spiro atoms. The second-order valence-corrected chi connectivity index (χ2v) is 15.4. The number of aliphatic carboxylic acids is 4. The number of hydrogen-bond acceptors (Lipinski definition) is 11. The topological polar surface area (TPSA) is 200 Å². The summed E-state index contributed by atoms with van der Waals surface area (Å²) in [5.41, 5.74) is 1.94. The van der Waals surface area contributed by atoms with E-state index in [9.17, 15) is 4.79 Å². The average molecular weight is 837 g/mol. The number of ether oxygens (including phenoxy) is 3. The fraction of sp³-hybridized carbons (Fsp3) is 0.419. The van der Waals surface area contributed by atoms with Gasteiger partial charge in [-0.3, -0.25) is 14.6 Å². The molecular weight excluding hydrogens is 788 g/mol. The minimum atomic E-state index is -1.82. The van der Waals surface area contributed by atoms with Gasteiger partial charge in [-0.05, 0) is 131 Å². The van der Waals surface area contributed by atoms with Gasteiger partial charge >= 0.3 is 23.9 Å². The van der Waals surface area contributed by atoms with E-state index in [1.54, 1.807) is 6.07 Å². The molecule has 59 heavy (non-hydrogen) atoms. The molecule has 1 aliphatic carbocycles. The Hall–Kier alpha value is -5.58. The molecule has 0 radical (unpaired) electrons. The molecule has 2 aliphatic heterocycles. The van der Waals surface area contributed by atoms with E-state index >= 15 is 4.39 Å². The van der Waals surface area contributed by atoms with Crippen molar-refractivity contribution in [1.82, 2.24) is 9.80 Å². The molecule has 0 amide bonds. The van der Waals surface area contributed by atoms with Crippen LogP contribution in [0.5, 0.6) is 17.2 Å². The van der Waals surface area contributed by atoms with Crippen LogP contribution < -0.4 is 14.2 Å². The third kappa shape index (κ3) is 12.2. The predicted molar refractivity (Wildman–Crippen MR) is 217 cm³/mol. The van der Waals surface area contributed by atoms with E-state index < -0.39 is 29.7 Å². The highest BCUT2D eigenvalue weighted by atomic mass is 32.1. The largest absolute Gasteiger partial charge is 0.494 e. The van der Waals surface area contributed by atoms with Gasteiger partial charge in [0, 0.05) is 44.7 Å². The van der Waals surface area contributed by atoms with Gasteiger partial charge < -0.3 is 34.6 Å². The molecule has 14 nitrogen and oxygen atoms in total. The molecule has 0 bridgehead atoms. The molecule has 1 aromatic heterocycles. The Kier molecular flexibility index (Phi) is 16.2. The van der Waals surface area contributed by atoms with Gasteiger partial charge in [-0.15, -0.1) is 11.3 Å². The Morgan fingerprint density at radius 3 is 1.90 bits per heavy atom. The number of ketones is 1. The quantitative estimate of drug-likeness (QED) is 0.0897. The summed E-state index contributed by atoms with van der Waals surface area (Å²) in [4.78, 5) is 56.5. The van der Waals surface area contributed by atoms with Gasteiger partial charge in [0.15, 0.2) is 17.3 Å². The zero-order chi connectivity index (χ0) is 42.5. The van der Waals surface area contributed by atoms with E-state index in [2.05, 4.69) is 9.80 Å². The zero-order valence-corrected chi connectivity index (χ0v) is 33.6. The lowest BCUT2D eigenvalue weighted by Gasteiger charge is -2.41. The van der Waals surface area contributed by atoms with Gasteiger partial charge in [0.25, 0.3) is 0 Å². The fourth-order valence-corrected chi connectivity index (χ4v) is 8.79. The molecule has 4 aromatic rings. The van der Waals surface area contributed by atoms with Crippen LogP contribution in [0.3, 0.4) is 0 Å². The summed E-state index contributed by atoms with van der Waals surface area (Å²) in [5, 5.41) is 30.2. The molecule has 2 saturated heterocycles. The lowest BCUT2D eigenvalue weighted by molar-refractivity contribution is -0.159. The van der Waals surface area contributed by atoms with Gasteiger partial charge in [0.1, 0.15) is 24.2 Å². The maximum Gasteiger partial charge on any atom is 0.414 e. The number of thiophene rings is 1. The fourth-order valence-electron chi connectivity index (χ4n) is 7.57. The lowest BCUT2D eigenvalue weighted by Crippen LogP contribution is -2.49. The normalized spacial score (nSPS) is 18.1. The first kappa shape index (κ1) is 44.5. The minimum absolute atomic E-state index is 0.142. The van der Waals surface area contributed by atoms with Gasteiger partial charge in [-0.25, -0.2) is 23.6 Å². The monoisotopic (exact) mass is 836 g/mol. The summed E-state index contributed by atoms with van der Waals surface area (Å²) >= 11 is 1.47. The molecule has 3 aromatic carbocycles. The molecular formula is C43H49FN2O12S. The van der Waals surface area contributed by atoms with Crippen LogP contribution in [0.25, 0.3) is 20.5 Å². The summed E-state index contributed by atoms with van der Waals surface area (Å²) in [6.07, 6.45) is 11.2. The van der Waals surface area contributed by atoms with Crippen molar-refractivity contribution in [3.63, 3.8) is 0 Å². The molecule has 0 unspecified atom stereocenters. The maximum atomic E-state index is 15.0. The van der Waals surface area contributed by atoms with Crippen LogP contribution in [0.4, 0.5) is 4.39 Å². The third-order valence-corrected chi connectivity index (χ3v) is 11.7. The summed E-state index contributed by atoms with van der Waals surface area (Å²) in [6.45, 7) is 6.18. The van der Waals surface area contributed by atoms with E-state index in [1.165, 1.54) is 75.9 Å². The molecule has 2 atom stereocenters. The van der Waals surface area contributed by atoms with Crippen LogP contribution >= 0.6 is 11.3 Å². The zero-order valence-electron chi connectivity index (χ0n) is 32.8. The van der Waals surface area contributed by atoms with Crippen LogP contribution in [0, 0.1) is 5.82 Å². The number of fused-ring (bicyclic) bond motifs is 1. The maximum absolute atomic E-state index is 15.0. The van der Waals surface area contributed by atoms with E-state index in [4.69, 9.17) is 53.8 Å². The van der Waals surface area contributed by atoms with Gasteiger partial charge in [-0.1, -0.05) is 12.8 Å². The van der Waals surface area contributed by atoms with Crippen LogP contribution in [-0.2, 0) is 19.2 Å². The number of halogens is 1. The van der Waals surface area contributed by atoms with Crippen molar-refractivity contribution in [2.45, 2.75) is 69.9 Å². The van der Waals surface area contributed by atoms with Gasteiger partial charge in [0.05, 0.1) is 7.11 Å². The minimum Gasteiger partial charge on any atom is -0.494 e. The van der Waals surface area contributed by atoms with Crippen LogP contribution in [-0.4, -0.2) is 118 Å². The number of hydrogen-bond donors (Lipinski definition) is 4. The first-order valence-corrected chi connectivity index (χ1v) is 20.4. The summed E-state index contributed by atoms with van der Waals surface area (Å²) < 4.78 is 33.7. The SMILES string of the molecule is COc1cc2sc(-c3ccc(OCCN4CCCC4)cc3)c(C(=O)c3ccc(O[C@@H]4CCCC[C@H]4N4CCCCC4)cc3)c2cc1F.O=C(O)C(=O)O.O=C(O)C(=O)O. The van der Waals surface area contributed by atoms with Crippen molar-refractivity contribution < 1.29 is 63.0 Å². The van der Waals surface area contributed by atoms with Crippen LogP contribution in [0.1, 0.15) is 73.7 Å². The van der Waals surface area contributed by atoms with Crippen molar-refractivity contribution in [3.8, 4) is 27.7 Å². The number of carbonyl (C=O) groups is 5. The third-order valence-electron chi connectivity index (χ3n) is 10.5. The standard InChI is InChI=1S/C39H45FN2O4S.2C2H2O4/c1-44-35-26-36-31(25-32(35)40)37(39(47-36)28-13-15-29(16-14-28)45-24-23-41-19-7-8-20-41)38(43)27-11-17-30(18-12-27)46-34-10-4-3-9-33(34)42-21-5-2-6-22-42;2*3-1(4)2(5)6/h11-18,25-26,33-34H,2-10,19-24H2,1H3;2*(H,3,4)(H,5,6)/t33-,34-;;/m1../s1. The van der Waals surface area contributed by atoms with Crippen LogP contribution in [0.2, 0.25) is 0 Å². The number of carboxylic acids is 4. The molecule has 7 rings (SSSR count). The predicted octanol–water partition coefficient (Wildman–Crippen LogP) is 6.91. The van der Waals surface area contributed by atoms with Crippen molar-refractivity contribution in [2.75, 3.05) is 46.4 Å². The number of carboxylic acid groups (broad SMARTS) is 4. The highest BCUT2D eigenvalue weighted by molar-refractivity contribution is 7.22. The smallest absolute Gasteiger partial charge is 0.414 e. The summed E-state index contributed by atoms with van der Waals surface area (Å²) in [6, 6.07) is 19.0. The second-order valence-electron chi connectivity index (χ2n) is 14.4. The lowest BCUT2D eigenvalue weighted by atomic mass is 9.90. The van der Waals surface area contributed by atoms with Crippen molar-refractivity contribution in [1.29, 1.82) is 0 Å². The van der Waals surface area contributed by atoms with Gasteiger partial charge in [0.2, 0.25) is 0 Å². The summed E-state index contributed by atoms with van der Waals surface area (Å²) in [7, 11) is 1.46. The Bertz CT molecular complexity index is 2030.